The Hall–Kier alpha value is -2.49. The number of alkyl halides is 21. The molecule has 0 heterocycles. The zero-order chi connectivity index (χ0) is 39.3. The molecule has 0 atom stereocenters. The predicted octanol–water partition coefficient (Wildman–Crippen LogP) is 10.9. The number of phenolic OH excluding ortho intramolecular Hbond substituents is 1. The van der Waals surface area contributed by atoms with Gasteiger partial charge in [0.15, 0.2) is 0 Å². The van der Waals surface area contributed by atoms with Crippen LogP contribution in [0.3, 0.4) is 0 Å². The summed E-state index contributed by atoms with van der Waals surface area (Å²) in [6.07, 6.45) is -1.81. The minimum absolute atomic E-state index is 0.363. The van der Waals surface area contributed by atoms with Crippen molar-refractivity contribution in [1.29, 1.82) is 0 Å². The summed E-state index contributed by atoms with van der Waals surface area (Å²) in [6, 6.07) is 7.57. The largest absolute Gasteiger partial charge is 0.508 e. The van der Waals surface area contributed by atoms with Crippen LogP contribution in [0.2, 0.25) is 0 Å². The van der Waals surface area contributed by atoms with Gasteiger partial charge in [-0.3, -0.25) is 0 Å². The van der Waals surface area contributed by atoms with E-state index in [1.54, 1.807) is 12.1 Å². The average molecular weight is 770 g/mol. The molecule has 0 saturated heterocycles. The summed E-state index contributed by atoms with van der Waals surface area (Å²) in [5.41, 5.74) is 1.34. The fourth-order valence-electron chi connectivity index (χ4n) is 3.66. The summed E-state index contributed by atoms with van der Waals surface area (Å²) < 4.78 is 272. The van der Waals surface area contributed by atoms with E-state index in [0.717, 1.165) is 6.42 Å². The molecule has 0 amide bonds. The SMILES string of the molecule is CCCCCCCCc1ccc(O)cc1.OCCC(F)(F)C(F)(F)C(F)(F)C(F)(F)C(F)(F)C(F)(F)C(F)(F)C(F)(F)C(F)(F)C(F)(F)F. The van der Waals surface area contributed by atoms with Crippen LogP contribution in [-0.4, -0.2) is 76.3 Å². The summed E-state index contributed by atoms with van der Waals surface area (Å²) in [4.78, 5) is 0. The highest BCUT2D eigenvalue weighted by molar-refractivity contribution is 5.25. The van der Waals surface area contributed by atoms with Crippen LogP contribution >= 0.6 is 0 Å². The Labute approximate surface area is 263 Å². The molecule has 0 spiro atoms. The lowest BCUT2D eigenvalue weighted by atomic mass is 9.86. The van der Waals surface area contributed by atoms with E-state index in [1.165, 1.54) is 44.1 Å². The Morgan fingerprint density at radius 3 is 1.12 bits per heavy atom. The van der Waals surface area contributed by atoms with Gasteiger partial charge in [-0.15, -0.1) is 0 Å². The molecule has 0 unspecified atom stereocenters. The van der Waals surface area contributed by atoms with Crippen LogP contribution < -0.4 is 0 Å². The number of aliphatic hydroxyl groups is 1. The first kappa shape index (κ1) is 46.5. The first-order chi connectivity index (χ1) is 21.6. The third-order valence-electron chi connectivity index (χ3n) is 6.76. The van der Waals surface area contributed by atoms with Crippen molar-refractivity contribution in [3.05, 3.63) is 29.8 Å². The number of hydrogen-bond acceptors (Lipinski definition) is 2. The summed E-state index contributed by atoms with van der Waals surface area (Å²) in [5, 5.41) is 17.1. The summed E-state index contributed by atoms with van der Waals surface area (Å²) >= 11 is 0. The maximum Gasteiger partial charge on any atom is 0.460 e. The third kappa shape index (κ3) is 8.53. The number of hydrogen-bond donors (Lipinski definition) is 2. The number of rotatable bonds is 17. The van der Waals surface area contributed by atoms with E-state index in [0.29, 0.717) is 5.75 Å². The lowest BCUT2D eigenvalue weighted by Gasteiger charge is -2.44. The van der Waals surface area contributed by atoms with Crippen molar-refractivity contribution < 1.29 is 102 Å². The molecule has 49 heavy (non-hydrogen) atoms. The van der Waals surface area contributed by atoms with E-state index < -0.39 is 72.5 Å². The molecule has 2 nitrogen and oxygen atoms in total. The van der Waals surface area contributed by atoms with Gasteiger partial charge < -0.3 is 10.2 Å². The Morgan fingerprint density at radius 1 is 0.449 bits per heavy atom. The molecule has 1 aromatic rings. The van der Waals surface area contributed by atoms with E-state index >= 15 is 0 Å². The third-order valence-corrected chi connectivity index (χ3v) is 6.76. The van der Waals surface area contributed by atoms with Gasteiger partial charge in [0.05, 0.1) is 0 Å². The van der Waals surface area contributed by atoms with Gasteiger partial charge in [0, 0.05) is 13.0 Å². The van der Waals surface area contributed by atoms with E-state index in [-0.39, 0.29) is 0 Å². The van der Waals surface area contributed by atoms with Gasteiger partial charge in [-0.05, 0) is 30.5 Å². The normalized spacial score (nSPS) is 14.8. The second-order valence-corrected chi connectivity index (χ2v) is 10.5. The number of aryl methyl sites for hydroxylation is 1. The molecular weight excluding hydrogens is 743 g/mol. The molecule has 0 aliphatic rings. The van der Waals surface area contributed by atoms with Gasteiger partial charge in [0.1, 0.15) is 5.75 Å². The number of halogens is 21. The van der Waals surface area contributed by atoms with Crippen LogP contribution in [0.5, 0.6) is 5.75 Å². The minimum Gasteiger partial charge on any atom is -0.508 e. The highest BCUT2D eigenvalue weighted by atomic mass is 19.4. The summed E-state index contributed by atoms with van der Waals surface area (Å²) in [5.74, 6) is -76.6. The number of aliphatic hydroxyl groups excluding tert-OH is 1. The maximum absolute atomic E-state index is 13.3. The van der Waals surface area contributed by atoms with Gasteiger partial charge in [0.2, 0.25) is 0 Å². The van der Waals surface area contributed by atoms with E-state index in [2.05, 4.69) is 6.92 Å². The van der Waals surface area contributed by atoms with E-state index in [1.807, 2.05) is 12.1 Å². The molecule has 1 rings (SSSR count). The van der Waals surface area contributed by atoms with Crippen LogP contribution in [0.15, 0.2) is 24.3 Å². The van der Waals surface area contributed by atoms with Gasteiger partial charge in [-0.25, -0.2) is 0 Å². The lowest BCUT2D eigenvalue weighted by molar-refractivity contribution is -0.474. The molecule has 0 aromatic heterocycles. The molecule has 0 radical (unpaired) electrons. The standard InChI is InChI=1S/C14H22O.C12H5F21O/c1-2-3-4-5-6-7-8-13-9-11-14(15)12-10-13;13-3(14,1-2-34)4(15,16)5(17,18)6(19,20)7(21,22)8(23,24)9(25,26)10(27,28)11(29,30)12(31,32)33/h9-12,15H,2-8H2,1H3;34H,1-2H2. The molecule has 0 fully saturated rings. The quantitative estimate of drug-likeness (QED) is 0.122. The van der Waals surface area contributed by atoms with Crippen molar-refractivity contribution in [3.63, 3.8) is 0 Å². The fraction of sp³-hybridized carbons (Fsp3) is 0.769. The molecule has 0 saturated carbocycles. The van der Waals surface area contributed by atoms with Gasteiger partial charge in [0.25, 0.3) is 0 Å². The molecule has 0 bridgehead atoms. The molecule has 290 valence electrons. The highest BCUT2D eigenvalue weighted by Gasteiger charge is 2.97. The Morgan fingerprint density at radius 2 is 0.776 bits per heavy atom. The monoisotopic (exact) mass is 770 g/mol. The second-order valence-electron chi connectivity index (χ2n) is 10.5. The number of unbranched alkanes of at least 4 members (excludes halogenated alkanes) is 5. The summed E-state index contributed by atoms with van der Waals surface area (Å²) in [6.45, 7) is -0.0654. The number of benzene rings is 1. The van der Waals surface area contributed by atoms with Crippen LogP contribution in [-0.2, 0) is 6.42 Å². The molecular formula is C26H27F21O2. The van der Waals surface area contributed by atoms with Crippen molar-refractivity contribution >= 4 is 0 Å². The van der Waals surface area contributed by atoms with Crippen LogP contribution in [0.1, 0.15) is 57.4 Å². The predicted molar refractivity (Wildman–Crippen MR) is 127 cm³/mol. The average Bonchev–Trinajstić information content (AvgIpc) is 2.94. The summed E-state index contributed by atoms with van der Waals surface area (Å²) in [7, 11) is 0. The smallest absolute Gasteiger partial charge is 0.460 e. The van der Waals surface area contributed by atoms with Crippen LogP contribution in [0.4, 0.5) is 92.2 Å². The van der Waals surface area contributed by atoms with Crippen molar-refractivity contribution in [1.82, 2.24) is 0 Å². The first-order valence-electron chi connectivity index (χ1n) is 13.5. The Balaban J connectivity index is 0.00000127. The maximum atomic E-state index is 13.3. The molecule has 0 aliphatic carbocycles. The zero-order valence-corrected chi connectivity index (χ0v) is 24.5. The van der Waals surface area contributed by atoms with Crippen molar-refractivity contribution in [3.8, 4) is 5.75 Å². The minimum atomic E-state index is -9.17. The van der Waals surface area contributed by atoms with E-state index in [4.69, 9.17) is 10.2 Å². The molecule has 2 N–H and O–H groups in total. The van der Waals surface area contributed by atoms with Crippen molar-refractivity contribution in [2.75, 3.05) is 6.61 Å². The Kier molecular flexibility index (Phi) is 14.6. The van der Waals surface area contributed by atoms with Crippen LogP contribution in [0, 0.1) is 0 Å². The highest BCUT2D eigenvalue weighted by Crippen LogP contribution is 2.66. The zero-order valence-electron chi connectivity index (χ0n) is 24.5. The fourth-order valence-corrected chi connectivity index (χ4v) is 3.66. The lowest BCUT2D eigenvalue weighted by Crippen LogP contribution is -2.76. The topological polar surface area (TPSA) is 40.5 Å². The van der Waals surface area contributed by atoms with Gasteiger partial charge in [-0.1, -0.05) is 51.2 Å². The van der Waals surface area contributed by atoms with Crippen molar-refractivity contribution in [2.45, 2.75) is 118 Å². The molecule has 0 aliphatic heterocycles. The van der Waals surface area contributed by atoms with Crippen molar-refractivity contribution in [2.24, 2.45) is 0 Å². The van der Waals surface area contributed by atoms with E-state index in [9.17, 15) is 92.2 Å². The second kappa shape index (κ2) is 15.4. The molecule has 23 heteroatoms. The Bertz CT molecular complexity index is 1160. The van der Waals surface area contributed by atoms with Gasteiger partial charge in [-0.2, -0.15) is 92.2 Å². The number of phenols is 1. The molecule has 1 aromatic carbocycles. The first-order valence-corrected chi connectivity index (χ1v) is 13.5. The van der Waals surface area contributed by atoms with Crippen LogP contribution in [0.25, 0.3) is 0 Å². The van der Waals surface area contributed by atoms with Gasteiger partial charge >= 0.3 is 59.5 Å². The number of aromatic hydroxyl groups is 1.